The molecule has 1 atom stereocenters. The number of nitrogens with two attached hydrogens (primary N) is 2. The van der Waals surface area contributed by atoms with Gasteiger partial charge in [0.1, 0.15) is 5.82 Å². The quantitative estimate of drug-likeness (QED) is 0.136. The Bertz CT molecular complexity index is 1380. The average Bonchev–Trinajstić information content (AvgIpc) is 2.88. The van der Waals surface area contributed by atoms with Crippen molar-refractivity contribution in [3.63, 3.8) is 0 Å². The topological polar surface area (TPSA) is 122 Å². The monoisotopic (exact) mass is 507 g/mol. The second-order valence-corrected chi connectivity index (χ2v) is 8.71. The Kier molecular flexibility index (Phi) is 7.57. The summed E-state index contributed by atoms with van der Waals surface area (Å²) in [6, 6.07) is 19.0. The van der Waals surface area contributed by atoms with Gasteiger partial charge in [-0.2, -0.15) is 0 Å². The number of hydrazine groups is 2. The van der Waals surface area contributed by atoms with Crippen LogP contribution in [-0.4, -0.2) is 39.1 Å². The molecule has 0 spiro atoms. The third-order valence-electron chi connectivity index (χ3n) is 5.25. The predicted octanol–water partition coefficient (Wildman–Crippen LogP) is 2.26. The number of rotatable bonds is 6. The first-order valence-electron chi connectivity index (χ1n) is 10.6. The molecule has 1 unspecified atom stereocenters. The Balaban J connectivity index is 1.68. The largest absolute Gasteiger partial charge is 0.350 e. The van der Waals surface area contributed by atoms with E-state index in [9.17, 15) is 9.18 Å². The Hall–Kier alpha value is -3.56. The zero-order valence-corrected chi connectivity index (χ0v) is 20.5. The van der Waals surface area contributed by atoms with Crippen LogP contribution in [0.1, 0.15) is 10.4 Å². The Morgan fingerprint density at radius 1 is 0.971 bits per heavy atom. The summed E-state index contributed by atoms with van der Waals surface area (Å²) < 4.78 is 13.6. The Morgan fingerprint density at radius 2 is 1.57 bits per heavy atom. The highest BCUT2D eigenvalue weighted by Gasteiger charge is 2.15. The van der Waals surface area contributed by atoms with Crippen LogP contribution in [0.5, 0.6) is 0 Å². The maximum atomic E-state index is 13.6. The van der Waals surface area contributed by atoms with E-state index in [2.05, 4.69) is 20.0 Å². The molecule has 3 aromatic carbocycles. The van der Waals surface area contributed by atoms with Crippen molar-refractivity contribution in [3.8, 4) is 22.5 Å². The van der Waals surface area contributed by atoms with E-state index in [1.807, 2.05) is 24.3 Å². The highest BCUT2D eigenvalue weighted by Crippen LogP contribution is 2.31. The van der Waals surface area contributed by atoms with Crippen molar-refractivity contribution >= 4 is 48.8 Å². The average molecular weight is 508 g/mol. The molecule has 0 aliphatic carbocycles. The van der Waals surface area contributed by atoms with Crippen LogP contribution in [-0.2, 0) is 0 Å². The minimum atomic E-state index is -0.339. The standard InChI is InChI=1S/C24H23FN7OPS/c25-17-6-1-14(2-7-17)22-21(15-3-8-18(34)9-4-15)29-19-10-5-16(13-20(19)30-22)23(33)28-11-12-32(27)24(35)31-26/h1-10,13H,11-12,26-27,34H2,(H,28,33)(H,31,35). The van der Waals surface area contributed by atoms with Crippen LogP contribution >= 0.6 is 21.5 Å². The van der Waals surface area contributed by atoms with E-state index in [1.165, 1.54) is 17.1 Å². The molecule has 4 aromatic rings. The SMILES string of the molecule is NNC(=S)N(N)CCNC(=O)c1ccc2nc(-c3ccc(P)cc3)c(-c3ccc(F)cc3)nc2c1. The molecular formula is C24H23FN7OPS. The lowest BCUT2D eigenvalue weighted by atomic mass is 10.0. The molecule has 1 aromatic heterocycles. The van der Waals surface area contributed by atoms with Crippen molar-refractivity contribution in [1.29, 1.82) is 0 Å². The normalized spacial score (nSPS) is 10.7. The summed E-state index contributed by atoms with van der Waals surface area (Å²) >= 11 is 4.93. The number of aromatic nitrogens is 2. The third kappa shape index (κ3) is 5.75. The van der Waals surface area contributed by atoms with Crippen molar-refractivity contribution in [2.24, 2.45) is 11.7 Å². The number of carbonyl (C=O) groups excluding carboxylic acids is 1. The van der Waals surface area contributed by atoms with Crippen LogP contribution in [0.4, 0.5) is 4.39 Å². The maximum absolute atomic E-state index is 13.6. The molecule has 0 fully saturated rings. The molecule has 0 bridgehead atoms. The summed E-state index contributed by atoms with van der Waals surface area (Å²) in [5.41, 5.74) is 6.71. The summed E-state index contributed by atoms with van der Waals surface area (Å²) in [5.74, 6) is 10.3. The van der Waals surface area contributed by atoms with Gasteiger partial charge in [-0.15, -0.1) is 9.24 Å². The van der Waals surface area contributed by atoms with E-state index in [0.29, 0.717) is 33.5 Å². The van der Waals surface area contributed by atoms with Crippen LogP contribution in [0.2, 0.25) is 0 Å². The maximum Gasteiger partial charge on any atom is 0.251 e. The summed E-state index contributed by atoms with van der Waals surface area (Å²) in [5, 5.41) is 5.22. The van der Waals surface area contributed by atoms with Crippen LogP contribution in [0.25, 0.3) is 33.5 Å². The smallest absolute Gasteiger partial charge is 0.251 e. The number of benzene rings is 3. The lowest BCUT2D eigenvalue weighted by Gasteiger charge is -2.18. The number of halogens is 1. The molecule has 178 valence electrons. The molecule has 8 nitrogen and oxygen atoms in total. The molecule has 0 saturated heterocycles. The van der Waals surface area contributed by atoms with E-state index in [4.69, 9.17) is 33.9 Å². The van der Waals surface area contributed by atoms with Gasteiger partial charge in [-0.3, -0.25) is 15.2 Å². The lowest BCUT2D eigenvalue weighted by Crippen LogP contribution is -2.49. The Labute approximate surface area is 209 Å². The molecule has 6 N–H and O–H groups in total. The van der Waals surface area contributed by atoms with Gasteiger partial charge in [0.05, 0.1) is 29.0 Å². The number of carbonyl (C=O) groups is 1. The third-order valence-corrected chi connectivity index (χ3v) is 5.99. The zero-order chi connectivity index (χ0) is 24.9. The van der Waals surface area contributed by atoms with Gasteiger partial charge in [-0.1, -0.05) is 24.3 Å². The van der Waals surface area contributed by atoms with Gasteiger partial charge >= 0.3 is 0 Å². The molecule has 11 heteroatoms. The van der Waals surface area contributed by atoms with E-state index in [1.54, 1.807) is 30.3 Å². The molecule has 1 amide bonds. The fraction of sp³-hybridized carbons (Fsp3) is 0.0833. The van der Waals surface area contributed by atoms with Gasteiger partial charge in [-0.05, 0) is 60.0 Å². The number of amides is 1. The van der Waals surface area contributed by atoms with Crippen LogP contribution in [0.3, 0.4) is 0 Å². The van der Waals surface area contributed by atoms with Crippen LogP contribution < -0.4 is 27.7 Å². The van der Waals surface area contributed by atoms with Crippen LogP contribution in [0, 0.1) is 5.82 Å². The van der Waals surface area contributed by atoms with Gasteiger partial charge in [0.15, 0.2) is 5.11 Å². The fourth-order valence-corrected chi connectivity index (χ4v) is 3.71. The summed E-state index contributed by atoms with van der Waals surface area (Å²) in [7, 11) is 2.65. The Morgan fingerprint density at radius 3 is 2.20 bits per heavy atom. The van der Waals surface area contributed by atoms with Crippen molar-refractivity contribution in [2.75, 3.05) is 13.1 Å². The minimum absolute atomic E-state index is 0.164. The van der Waals surface area contributed by atoms with Gasteiger partial charge in [-0.25, -0.2) is 26.0 Å². The molecule has 0 aliphatic heterocycles. The van der Waals surface area contributed by atoms with Gasteiger partial charge in [0.2, 0.25) is 0 Å². The lowest BCUT2D eigenvalue weighted by molar-refractivity contribution is 0.0951. The molecular weight excluding hydrogens is 484 g/mol. The van der Waals surface area contributed by atoms with Crippen molar-refractivity contribution in [1.82, 2.24) is 25.7 Å². The summed E-state index contributed by atoms with van der Waals surface area (Å²) in [6.07, 6.45) is 0. The van der Waals surface area contributed by atoms with Crippen molar-refractivity contribution < 1.29 is 9.18 Å². The number of fused-ring (bicyclic) bond motifs is 1. The summed E-state index contributed by atoms with van der Waals surface area (Å²) in [4.78, 5) is 22.3. The number of hydrogen-bond acceptors (Lipinski definition) is 6. The molecule has 1 heterocycles. The van der Waals surface area contributed by atoms with E-state index in [-0.39, 0.29) is 29.9 Å². The fourth-order valence-electron chi connectivity index (χ4n) is 3.42. The van der Waals surface area contributed by atoms with Crippen molar-refractivity contribution in [2.45, 2.75) is 0 Å². The first-order chi connectivity index (χ1) is 16.9. The second-order valence-electron chi connectivity index (χ2n) is 7.65. The molecule has 0 saturated carbocycles. The number of nitrogens with one attached hydrogen (secondary N) is 2. The number of thiocarbonyl (C=S) groups is 1. The first kappa shape index (κ1) is 24.6. The highest BCUT2D eigenvalue weighted by molar-refractivity contribution is 7.80. The summed E-state index contributed by atoms with van der Waals surface area (Å²) in [6.45, 7) is 0.529. The van der Waals surface area contributed by atoms with Crippen LogP contribution in [0.15, 0.2) is 66.7 Å². The van der Waals surface area contributed by atoms with Crippen molar-refractivity contribution in [3.05, 3.63) is 78.1 Å². The molecule has 4 rings (SSSR count). The highest BCUT2D eigenvalue weighted by atomic mass is 32.1. The molecule has 35 heavy (non-hydrogen) atoms. The molecule has 0 radical (unpaired) electrons. The predicted molar refractivity (Wildman–Crippen MR) is 143 cm³/mol. The van der Waals surface area contributed by atoms with E-state index >= 15 is 0 Å². The van der Waals surface area contributed by atoms with E-state index in [0.717, 1.165) is 10.9 Å². The first-order valence-corrected chi connectivity index (χ1v) is 11.6. The number of nitrogens with zero attached hydrogens (tertiary/aromatic N) is 3. The zero-order valence-electron chi connectivity index (χ0n) is 18.5. The number of hydrogen-bond donors (Lipinski definition) is 4. The molecule has 0 aliphatic rings. The van der Waals surface area contributed by atoms with E-state index < -0.39 is 0 Å². The van der Waals surface area contributed by atoms with Gasteiger partial charge in [0, 0.05) is 23.2 Å². The van der Waals surface area contributed by atoms with Gasteiger partial charge < -0.3 is 5.32 Å². The second kappa shape index (κ2) is 10.8. The van der Waals surface area contributed by atoms with Gasteiger partial charge in [0.25, 0.3) is 5.91 Å². The minimum Gasteiger partial charge on any atom is -0.350 e.